The lowest BCUT2D eigenvalue weighted by atomic mass is 10.2. The van der Waals surface area contributed by atoms with Gasteiger partial charge in [0.05, 0.1) is 24.8 Å². The van der Waals surface area contributed by atoms with Crippen molar-refractivity contribution in [3.8, 4) is 11.8 Å². The van der Waals surface area contributed by atoms with E-state index in [4.69, 9.17) is 10.00 Å². The third kappa shape index (κ3) is 6.08. The Kier molecular flexibility index (Phi) is 8.30. The van der Waals surface area contributed by atoms with Crippen molar-refractivity contribution in [2.75, 3.05) is 23.8 Å². The number of hydrogen-bond donors (Lipinski definition) is 0. The van der Waals surface area contributed by atoms with Gasteiger partial charge in [-0.2, -0.15) is 5.26 Å². The van der Waals surface area contributed by atoms with E-state index in [2.05, 4.69) is 27.7 Å². The Morgan fingerprint density at radius 2 is 2.17 bits per heavy atom. The molecule has 2 aromatic heterocycles. The van der Waals surface area contributed by atoms with Gasteiger partial charge in [-0.05, 0) is 49.1 Å². The number of hydrogen-bond acceptors (Lipinski definition) is 7. The van der Waals surface area contributed by atoms with E-state index >= 15 is 0 Å². The maximum Gasteiger partial charge on any atom is 0.237 e. The fourth-order valence-electron chi connectivity index (χ4n) is 2.85. The van der Waals surface area contributed by atoms with E-state index < -0.39 is 0 Å². The van der Waals surface area contributed by atoms with Gasteiger partial charge in [0.15, 0.2) is 5.16 Å². The molecule has 0 saturated heterocycles. The number of carbonyl (C=O) groups is 1. The van der Waals surface area contributed by atoms with Crippen LogP contribution in [0, 0.1) is 11.3 Å². The van der Waals surface area contributed by atoms with Gasteiger partial charge in [0.2, 0.25) is 5.91 Å². The Morgan fingerprint density at radius 3 is 2.87 bits per heavy atom. The van der Waals surface area contributed by atoms with Crippen LogP contribution in [0.1, 0.15) is 18.2 Å². The smallest absolute Gasteiger partial charge is 0.237 e. The fraction of sp³-hybridized carbons (Fsp3) is 0.333. The number of anilines is 1. The molecule has 3 aromatic rings. The van der Waals surface area contributed by atoms with E-state index in [1.54, 1.807) is 22.6 Å². The van der Waals surface area contributed by atoms with Crippen LogP contribution in [-0.4, -0.2) is 39.6 Å². The largest absolute Gasteiger partial charge is 0.494 e. The molecule has 0 bridgehead atoms. The first-order valence-corrected chi connectivity index (χ1v) is 11.5. The van der Waals surface area contributed by atoms with E-state index in [1.807, 2.05) is 41.8 Å². The molecule has 156 valence electrons. The van der Waals surface area contributed by atoms with Crippen molar-refractivity contribution >= 4 is 34.7 Å². The number of rotatable bonds is 11. The Morgan fingerprint density at radius 1 is 1.33 bits per heavy atom. The summed E-state index contributed by atoms with van der Waals surface area (Å²) < 4.78 is 7.43. The van der Waals surface area contributed by atoms with E-state index in [1.165, 1.54) is 16.6 Å². The van der Waals surface area contributed by atoms with E-state index in [0.717, 1.165) is 24.4 Å². The van der Waals surface area contributed by atoms with Gasteiger partial charge in [-0.1, -0.05) is 17.8 Å². The number of aromatic nitrogens is 3. The molecular formula is C21H23N5O2S2. The van der Waals surface area contributed by atoms with Gasteiger partial charge in [-0.25, -0.2) is 0 Å². The lowest BCUT2D eigenvalue weighted by Gasteiger charge is -2.22. The van der Waals surface area contributed by atoms with Gasteiger partial charge in [0.25, 0.3) is 0 Å². The minimum Gasteiger partial charge on any atom is -0.494 e. The van der Waals surface area contributed by atoms with Crippen LogP contribution >= 0.6 is 23.1 Å². The molecule has 0 spiro atoms. The van der Waals surface area contributed by atoms with Crippen LogP contribution in [0.2, 0.25) is 0 Å². The van der Waals surface area contributed by atoms with Gasteiger partial charge in [-0.3, -0.25) is 4.79 Å². The quantitative estimate of drug-likeness (QED) is 0.418. The van der Waals surface area contributed by atoms with E-state index in [9.17, 15) is 4.79 Å². The van der Waals surface area contributed by atoms with Crippen LogP contribution in [0.5, 0.6) is 5.75 Å². The molecule has 0 saturated carbocycles. The molecule has 1 amide bonds. The summed E-state index contributed by atoms with van der Waals surface area (Å²) in [5, 5.41) is 19.9. The highest BCUT2D eigenvalue weighted by atomic mass is 32.2. The Labute approximate surface area is 184 Å². The lowest BCUT2D eigenvalue weighted by molar-refractivity contribution is -0.116. The second-order valence-electron chi connectivity index (χ2n) is 6.31. The molecule has 0 aliphatic rings. The van der Waals surface area contributed by atoms with Gasteiger partial charge in [-0.15, -0.1) is 21.5 Å². The molecule has 9 heteroatoms. The molecule has 0 fully saturated rings. The zero-order valence-electron chi connectivity index (χ0n) is 16.7. The molecule has 0 aliphatic heterocycles. The third-order valence-corrected chi connectivity index (χ3v) is 6.19. The number of aryl methyl sites for hydroxylation is 2. The first kappa shape index (κ1) is 21.9. The summed E-state index contributed by atoms with van der Waals surface area (Å²) in [6.07, 6.45) is 2.86. The molecule has 0 N–H and O–H groups in total. The summed E-state index contributed by atoms with van der Waals surface area (Å²) >= 11 is 3.09. The second-order valence-corrected chi connectivity index (χ2v) is 8.28. The fourth-order valence-corrected chi connectivity index (χ4v) is 4.36. The standard InChI is InChI=1S/C21H23N5O2S2/c1-2-28-18-8-6-17(7-9-18)26(12-4-11-22)20(27)15-30-21-24-23-16-25(21)13-10-19-5-3-14-29-19/h3,5-9,14,16H,2,4,10,12-13,15H2,1H3. The number of thioether (sulfide) groups is 1. The molecule has 0 unspecified atom stereocenters. The monoisotopic (exact) mass is 441 g/mol. The van der Waals surface area contributed by atoms with Crippen molar-refractivity contribution < 1.29 is 9.53 Å². The van der Waals surface area contributed by atoms with Gasteiger partial charge < -0.3 is 14.2 Å². The van der Waals surface area contributed by atoms with Gasteiger partial charge in [0.1, 0.15) is 12.1 Å². The minimum atomic E-state index is -0.0767. The highest BCUT2D eigenvalue weighted by Gasteiger charge is 2.17. The summed E-state index contributed by atoms with van der Waals surface area (Å²) in [5.74, 6) is 0.894. The number of thiophene rings is 1. The molecule has 30 heavy (non-hydrogen) atoms. The average molecular weight is 442 g/mol. The predicted octanol–water partition coefficient (Wildman–Crippen LogP) is 4.02. The first-order valence-electron chi connectivity index (χ1n) is 9.64. The number of ether oxygens (including phenoxy) is 1. The third-order valence-electron chi connectivity index (χ3n) is 4.29. The highest BCUT2D eigenvalue weighted by molar-refractivity contribution is 7.99. The molecule has 0 radical (unpaired) electrons. The van der Waals surface area contributed by atoms with Crippen LogP contribution in [0.15, 0.2) is 53.3 Å². The maximum atomic E-state index is 12.9. The Hall–Kier alpha value is -2.83. The first-order chi connectivity index (χ1) is 14.7. The molecule has 1 aromatic carbocycles. The number of benzene rings is 1. The molecule has 3 rings (SSSR count). The SMILES string of the molecule is CCOc1ccc(N(CCC#N)C(=O)CSc2nncn2CCc2cccs2)cc1. The molecule has 0 aliphatic carbocycles. The maximum absolute atomic E-state index is 12.9. The normalized spacial score (nSPS) is 10.5. The number of amides is 1. The summed E-state index contributed by atoms with van der Waals surface area (Å²) in [7, 11) is 0. The zero-order chi connectivity index (χ0) is 21.2. The van der Waals surface area contributed by atoms with Crippen molar-refractivity contribution in [2.45, 2.75) is 31.5 Å². The summed E-state index contributed by atoms with van der Waals surface area (Å²) in [6, 6.07) is 13.6. The van der Waals surface area contributed by atoms with Crippen LogP contribution in [0.4, 0.5) is 5.69 Å². The predicted molar refractivity (Wildman–Crippen MR) is 119 cm³/mol. The molecule has 2 heterocycles. The second kappa shape index (κ2) is 11.4. The van der Waals surface area contributed by atoms with Gasteiger partial charge in [0, 0.05) is 23.7 Å². The zero-order valence-corrected chi connectivity index (χ0v) is 18.4. The average Bonchev–Trinajstić information content (AvgIpc) is 3.44. The highest BCUT2D eigenvalue weighted by Crippen LogP contribution is 2.23. The van der Waals surface area contributed by atoms with Crippen molar-refractivity contribution in [1.82, 2.24) is 14.8 Å². The Balaban J connectivity index is 1.62. The van der Waals surface area contributed by atoms with E-state index in [0.29, 0.717) is 18.3 Å². The Bertz CT molecular complexity index is 964. The number of nitrogens with zero attached hydrogens (tertiary/aromatic N) is 5. The van der Waals surface area contributed by atoms with Crippen LogP contribution in [0.3, 0.4) is 0 Å². The van der Waals surface area contributed by atoms with Crippen molar-refractivity contribution in [2.24, 2.45) is 0 Å². The number of carbonyl (C=O) groups excluding carboxylic acids is 1. The molecular weight excluding hydrogens is 418 g/mol. The van der Waals surface area contributed by atoms with Crippen LogP contribution in [0.25, 0.3) is 0 Å². The molecule has 7 nitrogen and oxygen atoms in total. The van der Waals surface area contributed by atoms with Gasteiger partial charge >= 0.3 is 0 Å². The summed E-state index contributed by atoms with van der Waals surface area (Å²) in [5.41, 5.74) is 0.749. The topological polar surface area (TPSA) is 84.0 Å². The molecule has 0 atom stereocenters. The van der Waals surface area contributed by atoms with Crippen molar-refractivity contribution in [3.63, 3.8) is 0 Å². The summed E-state index contributed by atoms with van der Waals surface area (Å²) in [6.45, 7) is 3.61. The number of nitriles is 1. The summed E-state index contributed by atoms with van der Waals surface area (Å²) in [4.78, 5) is 15.9. The lowest BCUT2D eigenvalue weighted by Crippen LogP contribution is -2.33. The minimum absolute atomic E-state index is 0.0767. The van der Waals surface area contributed by atoms with E-state index in [-0.39, 0.29) is 18.1 Å². The van der Waals surface area contributed by atoms with Crippen molar-refractivity contribution in [3.05, 3.63) is 53.0 Å². The van der Waals surface area contributed by atoms with Crippen molar-refractivity contribution in [1.29, 1.82) is 5.26 Å². The van der Waals surface area contributed by atoms with Crippen LogP contribution in [-0.2, 0) is 17.8 Å². The van der Waals surface area contributed by atoms with Crippen LogP contribution < -0.4 is 9.64 Å².